The number of nitro benzene ring substituents is 1. The molecule has 0 amide bonds. The molecule has 87 heavy (non-hydrogen) atoms. The Morgan fingerprint density at radius 3 is 1.25 bits per heavy atom. The van der Waals surface area contributed by atoms with Gasteiger partial charge in [0.15, 0.2) is 17.3 Å². The van der Waals surface area contributed by atoms with Crippen LogP contribution in [0, 0.1) is 10.1 Å². The van der Waals surface area contributed by atoms with E-state index in [0.717, 1.165) is 92.2 Å². The molecule has 9 rings (SSSR count). The predicted octanol–water partition coefficient (Wildman–Crippen LogP) is 19.1. The lowest BCUT2D eigenvalue weighted by molar-refractivity contribution is -0.384. The van der Waals surface area contributed by atoms with E-state index in [9.17, 15) is 49.7 Å². The molecular weight excluding hydrogens is 1200 g/mol. The van der Waals surface area contributed by atoms with Crippen LogP contribution in [0.4, 0.5) is 5.69 Å². The number of nitro groups is 1. The Bertz CT molecular complexity index is 3380. The van der Waals surface area contributed by atoms with Gasteiger partial charge in [0.25, 0.3) is 5.69 Å². The van der Waals surface area contributed by atoms with Crippen molar-refractivity contribution in [3.63, 3.8) is 0 Å². The van der Waals surface area contributed by atoms with Crippen LogP contribution in [0.5, 0.6) is 23.0 Å². The Hall–Kier alpha value is -7.29. The maximum atomic E-state index is 12.1. The number of benzene rings is 5. The number of nitrogens with zero attached hydrogens (tertiary/aromatic N) is 5. The monoisotopic (exact) mass is 1280 g/mol. The first kappa shape index (κ1) is 75.8. The van der Waals surface area contributed by atoms with Crippen molar-refractivity contribution in [1.82, 2.24) is 19.9 Å². The number of ketones is 3. The summed E-state index contributed by atoms with van der Waals surface area (Å²) < 4.78 is 0. The summed E-state index contributed by atoms with van der Waals surface area (Å²) in [6, 6.07) is 40.2. The van der Waals surface area contributed by atoms with Gasteiger partial charge in [0.05, 0.1) is 10.5 Å². The summed E-state index contributed by atoms with van der Waals surface area (Å²) in [4.78, 5) is 70.4. The molecule has 0 fully saturated rings. The van der Waals surface area contributed by atoms with Crippen molar-refractivity contribution in [3.8, 4) is 23.0 Å². The molecule has 0 spiro atoms. The van der Waals surface area contributed by atoms with Crippen LogP contribution in [0.3, 0.4) is 0 Å². The zero-order chi connectivity index (χ0) is 64.4. The zero-order valence-corrected chi connectivity index (χ0v) is 54.1. The molecule has 4 heterocycles. The van der Waals surface area contributed by atoms with Crippen molar-refractivity contribution in [1.29, 1.82) is 0 Å². The van der Waals surface area contributed by atoms with Gasteiger partial charge in [-0.05, 0) is 98.8 Å². The standard InChI is InChI=1S/2C15H17NO2.2C9H7NO.C7H14O.C6H11ClO.C6H5NO2.Al.3ClH/c1-2-3-4-7-13(17)11-8-9-14(18)15-12(11)6-5-10-16-15;1-2-3-4-7-13(17)12-9-8-11-6-5-10-16-14(11)15(12)18;2*11-8-5-1-3-7-4-2-6-10-9(7)8;1-3-4-5-6-7(2)8;1-2-3-4-5-6(7)8;8-7(9)6-4-2-1-3-5-6;;;;/h2*5-6,8-10,18H,2-4,7H2,1H3;2*1-6,11H;3-6H2,1-2H3;2-5H2,1H3;1-5H;;3*1H/q;;;;;;;+3;;;/p-3. The number of halogens is 4. The molecule has 20 heteroatoms. The molecule has 9 aromatic rings. The van der Waals surface area contributed by atoms with E-state index in [1.54, 1.807) is 98.4 Å². The molecule has 5 aromatic carbocycles. The number of rotatable bonds is 19. The maximum absolute atomic E-state index is 12.1. The van der Waals surface area contributed by atoms with Gasteiger partial charge in [0.1, 0.15) is 45.1 Å². The molecule has 0 aliphatic rings. The summed E-state index contributed by atoms with van der Waals surface area (Å²) in [7, 11) is 14.8. The van der Waals surface area contributed by atoms with E-state index >= 15 is 0 Å². The van der Waals surface area contributed by atoms with Crippen molar-refractivity contribution >= 4 is 125 Å². The summed E-state index contributed by atoms with van der Waals surface area (Å²) >= 11 is 3.35. The summed E-state index contributed by atoms with van der Waals surface area (Å²) in [5.74, 6) is 1.05. The summed E-state index contributed by atoms with van der Waals surface area (Å²) in [5, 5.41) is 51.7. The lowest BCUT2D eigenvalue weighted by Crippen LogP contribution is -2.00. The number of aromatic nitrogens is 4. The summed E-state index contributed by atoms with van der Waals surface area (Å²) in [6.07, 6.45) is 21.7. The fourth-order valence-corrected chi connectivity index (χ4v) is 8.09. The number of carbonyl (C=O) groups is 4. The Kier molecular flexibility index (Phi) is 39.3. The number of carbonyl (C=O) groups excluding carboxylic acids is 4. The van der Waals surface area contributed by atoms with Crippen LogP contribution in [0.1, 0.15) is 158 Å². The lowest BCUT2D eigenvalue weighted by atomic mass is 10.00. The molecule has 0 atom stereocenters. The highest BCUT2D eigenvalue weighted by molar-refractivity contribution is 7.54. The number of phenolic OH excluding ortho intramolecular Hbond substituents is 4. The fourth-order valence-electron chi connectivity index (χ4n) is 7.96. The molecule has 0 saturated heterocycles. The number of hydrogen-bond donors (Lipinski definition) is 4. The fraction of sp³-hybridized carbons (Fsp3) is 0.313. The first-order chi connectivity index (χ1) is 41.8. The highest BCUT2D eigenvalue weighted by atomic mass is 35.8. The summed E-state index contributed by atoms with van der Waals surface area (Å²) in [5.41, 5.74) is 3.50. The van der Waals surface area contributed by atoms with E-state index in [4.69, 9.17) is 41.7 Å². The topological polar surface area (TPSA) is 244 Å². The maximum Gasteiger partial charge on any atom is 0.643 e. The minimum atomic E-state index is -1.72. The molecule has 15 nitrogen and oxygen atoms in total. The average Bonchev–Trinajstić information content (AvgIpc) is 3.28. The quantitative estimate of drug-likeness (QED) is 0.0147. The van der Waals surface area contributed by atoms with E-state index in [0.29, 0.717) is 58.2 Å². The van der Waals surface area contributed by atoms with Gasteiger partial charge in [-0.15, -0.1) is 0 Å². The third-order valence-corrected chi connectivity index (χ3v) is 12.6. The SMILES string of the molecule is CCCCCC(=O)Cl.CCCCCC(=O)c1ccc(O)c2ncccc12.CCCCCC(=O)c1ccc2cccnc2c1O.CCCCCC(C)=O.O=[N+]([O-])c1ccccc1.Oc1cccc2cccnc12.Oc1cccc2cccnc12.[Cl][Al]([Cl])[Cl]. The first-order valence-corrected chi connectivity index (χ1v) is 34.5. The minimum absolute atomic E-state index is 0.00602. The number of non-ortho nitro benzene ring substituents is 1. The van der Waals surface area contributed by atoms with Gasteiger partial charge in [0.2, 0.25) is 5.24 Å². The number of aromatic hydroxyl groups is 4. The van der Waals surface area contributed by atoms with Crippen LogP contribution in [-0.4, -0.2) is 79.3 Å². The third-order valence-electron chi connectivity index (χ3n) is 12.4. The van der Waals surface area contributed by atoms with Gasteiger partial charge >= 0.3 is 11.4 Å². The molecule has 0 unspecified atom stereocenters. The largest absolute Gasteiger partial charge is 0.643 e. The Balaban J connectivity index is 0.000000351. The van der Waals surface area contributed by atoms with Gasteiger partial charge < -0.3 is 25.2 Å². The highest BCUT2D eigenvalue weighted by Crippen LogP contribution is 2.29. The number of fused-ring (bicyclic) bond motifs is 4. The van der Waals surface area contributed by atoms with Crippen molar-refractivity contribution < 1.29 is 44.5 Å². The van der Waals surface area contributed by atoms with Crippen LogP contribution >= 0.6 is 41.7 Å². The lowest BCUT2D eigenvalue weighted by Gasteiger charge is -2.06. The Morgan fingerprint density at radius 1 is 0.448 bits per heavy atom. The molecular formula is C67H78AlCl4N5O10. The molecule has 0 saturated carbocycles. The average molecular weight is 1280 g/mol. The summed E-state index contributed by atoms with van der Waals surface area (Å²) in [6.45, 7) is 10.1. The molecule has 0 aliphatic carbocycles. The Labute approximate surface area is 531 Å². The third kappa shape index (κ3) is 30.8. The number of phenols is 4. The van der Waals surface area contributed by atoms with E-state index in [-0.39, 0.29) is 45.5 Å². The van der Waals surface area contributed by atoms with Crippen LogP contribution < -0.4 is 0 Å². The molecule has 0 aliphatic heterocycles. The second-order valence-electron chi connectivity index (χ2n) is 19.3. The van der Waals surface area contributed by atoms with Gasteiger partial charge in [0, 0.05) is 89.7 Å². The number of hydrogen-bond acceptors (Lipinski definition) is 14. The van der Waals surface area contributed by atoms with E-state index in [1.807, 2.05) is 60.7 Å². The van der Waals surface area contributed by atoms with Gasteiger partial charge in [-0.3, -0.25) is 44.4 Å². The van der Waals surface area contributed by atoms with Gasteiger partial charge in [-0.25, -0.2) is 30.1 Å². The second kappa shape index (κ2) is 45.1. The smallest absolute Gasteiger partial charge is 0.506 e. The number of pyridine rings is 4. The zero-order valence-electron chi connectivity index (χ0n) is 50.0. The van der Waals surface area contributed by atoms with Crippen LogP contribution in [-0.2, 0) is 9.59 Å². The molecule has 462 valence electrons. The van der Waals surface area contributed by atoms with E-state index in [2.05, 4.69) is 47.6 Å². The van der Waals surface area contributed by atoms with Crippen molar-refractivity contribution in [2.45, 2.75) is 137 Å². The van der Waals surface area contributed by atoms with Crippen molar-refractivity contribution in [3.05, 3.63) is 186 Å². The minimum Gasteiger partial charge on any atom is -0.506 e. The number of Topliss-reactive ketones (excluding diaryl/α,β-unsaturated/α-hetero) is 3. The van der Waals surface area contributed by atoms with Crippen LogP contribution in [0.15, 0.2) is 164 Å². The first-order valence-electron chi connectivity index (χ1n) is 28.9. The van der Waals surface area contributed by atoms with Crippen molar-refractivity contribution in [2.75, 3.05) is 0 Å². The molecule has 0 radical (unpaired) electrons. The van der Waals surface area contributed by atoms with Gasteiger partial charge in [-0.2, -0.15) is 0 Å². The van der Waals surface area contributed by atoms with Gasteiger partial charge in [-0.1, -0.05) is 152 Å². The molecule has 4 N–H and O–H groups in total. The van der Waals surface area contributed by atoms with E-state index < -0.39 is 16.3 Å². The van der Waals surface area contributed by atoms with Crippen LogP contribution in [0.25, 0.3) is 43.6 Å². The van der Waals surface area contributed by atoms with E-state index in [1.165, 1.54) is 25.0 Å². The van der Waals surface area contributed by atoms with Crippen LogP contribution in [0.2, 0.25) is 0 Å². The number of para-hydroxylation sites is 3. The molecule has 4 aromatic heterocycles. The Morgan fingerprint density at radius 2 is 0.828 bits per heavy atom. The highest BCUT2D eigenvalue weighted by Gasteiger charge is 2.15. The normalized spacial score (nSPS) is 9.94. The van der Waals surface area contributed by atoms with Crippen molar-refractivity contribution in [2.24, 2.45) is 0 Å². The predicted molar refractivity (Wildman–Crippen MR) is 357 cm³/mol. The second-order valence-corrected chi connectivity index (χ2v) is 26.2. The number of unbranched alkanes of at least 4 members (excludes halogenated alkanes) is 8. The molecule has 0 bridgehead atoms.